The highest BCUT2D eigenvalue weighted by Gasteiger charge is 2.27. The first-order chi connectivity index (χ1) is 12.1. The van der Waals surface area contributed by atoms with Crippen LogP contribution in [0, 0.1) is 5.92 Å². The van der Waals surface area contributed by atoms with Crippen LogP contribution in [0.5, 0.6) is 11.5 Å². The normalized spacial score (nSPS) is 21.3. The smallest absolute Gasteiger partial charge is 0.184 e. The van der Waals surface area contributed by atoms with Crippen molar-refractivity contribution in [1.82, 2.24) is 4.90 Å². The molecule has 1 fully saturated rings. The summed E-state index contributed by atoms with van der Waals surface area (Å²) in [5.74, 6) is 1.56. The fourth-order valence-electron chi connectivity index (χ4n) is 3.52. The molecule has 3 N–H and O–H groups in total. The quantitative estimate of drug-likeness (QED) is 0.529. The standard InChI is InChI=1S/C20H34N2O3/c1-4-6-7-10-25-20-17(21)12-15(13-19(20)24-3)11-16-14-22(5-2)9-8-18(16)23/h12-13,16,18,23H,4-11,14,21H2,1-3H3. The first-order valence-corrected chi connectivity index (χ1v) is 9.58. The fraction of sp³-hybridized carbons (Fsp3) is 0.700. The van der Waals surface area contributed by atoms with E-state index in [9.17, 15) is 5.11 Å². The van der Waals surface area contributed by atoms with Crippen molar-refractivity contribution in [3.8, 4) is 11.5 Å². The van der Waals surface area contributed by atoms with Crippen LogP contribution < -0.4 is 15.2 Å². The molecular weight excluding hydrogens is 316 g/mol. The van der Waals surface area contributed by atoms with Crippen molar-refractivity contribution >= 4 is 5.69 Å². The van der Waals surface area contributed by atoms with Gasteiger partial charge in [0.2, 0.25) is 0 Å². The summed E-state index contributed by atoms with van der Waals surface area (Å²) in [4.78, 5) is 2.39. The van der Waals surface area contributed by atoms with Gasteiger partial charge in [0, 0.05) is 19.0 Å². The van der Waals surface area contributed by atoms with E-state index >= 15 is 0 Å². The summed E-state index contributed by atoms with van der Waals surface area (Å²) in [6.45, 7) is 7.92. The van der Waals surface area contributed by atoms with Gasteiger partial charge < -0.3 is 25.2 Å². The third-order valence-electron chi connectivity index (χ3n) is 5.08. The van der Waals surface area contributed by atoms with Gasteiger partial charge in [0.05, 0.1) is 25.5 Å². The van der Waals surface area contributed by atoms with Crippen LogP contribution in [0.3, 0.4) is 0 Å². The van der Waals surface area contributed by atoms with Crippen molar-refractivity contribution in [2.45, 2.75) is 52.1 Å². The van der Waals surface area contributed by atoms with Gasteiger partial charge in [-0.1, -0.05) is 26.7 Å². The molecule has 0 saturated carbocycles. The number of aliphatic hydroxyl groups excluding tert-OH is 1. The fourth-order valence-corrected chi connectivity index (χ4v) is 3.52. The average molecular weight is 351 g/mol. The van der Waals surface area contributed by atoms with E-state index in [0.29, 0.717) is 23.8 Å². The molecule has 0 aromatic heterocycles. The summed E-state index contributed by atoms with van der Waals surface area (Å²) in [6, 6.07) is 3.97. The molecular formula is C20H34N2O3. The highest BCUT2D eigenvalue weighted by molar-refractivity contribution is 5.62. The van der Waals surface area contributed by atoms with Crippen molar-refractivity contribution in [3.05, 3.63) is 17.7 Å². The number of rotatable bonds is 9. The van der Waals surface area contributed by atoms with Crippen LogP contribution in [0.1, 0.15) is 45.1 Å². The molecule has 1 aliphatic rings. The summed E-state index contributed by atoms with van der Waals surface area (Å²) in [5, 5.41) is 10.3. The zero-order chi connectivity index (χ0) is 18.2. The molecule has 0 bridgehead atoms. The number of anilines is 1. The lowest BCUT2D eigenvalue weighted by atomic mass is 9.88. The van der Waals surface area contributed by atoms with Gasteiger partial charge in [0.25, 0.3) is 0 Å². The Kier molecular flexibility index (Phi) is 7.85. The Labute approximate surface area is 152 Å². The van der Waals surface area contributed by atoms with Gasteiger partial charge in [0.1, 0.15) is 0 Å². The maximum absolute atomic E-state index is 10.3. The number of nitrogens with two attached hydrogens (primary N) is 1. The number of likely N-dealkylation sites (tertiary alicyclic amines) is 1. The molecule has 1 heterocycles. The Morgan fingerprint density at radius 1 is 1.28 bits per heavy atom. The summed E-state index contributed by atoms with van der Waals surface area (Å²) < 4.78 is 11.4. The third kappa shape index (κ3) is 5.51. The molecule has 1 aromatic rings. The maximum atomic E-state index is 10.3. The molecule has 2 rings (SSSR count). The van der Waals surface area contributed by atoms with E-state index < -0.39 is 0 Å². The molecule has 5 heteroatoms. The highest BCUT2D eigenvalue weighted by atomic mass is 16.5. The van der Waals surface area contributed by atoms with Gasteiger partial charge in [-0.3, -0.25) is 0 Å². The van der Waals surface area contributed by atoms with E-state index in [2.05, 4.69) is 18.7 Å². The topological polar surface area (TPSA) is 68.0 Å². The van der Waals surface area contributed by atoms with E-state index in [1.165, 1.54) is 0 Å². The minimum atomic E-state index is -0.250. The Balaban J connectivity index is 2.07. The minimum Gasteiger partial charge on any atom is -0.493 e. The Hall–Kier alpha value is -1.46. The third-order valence-corrected chi connectivity index (χ3v) is 5.08. The van der Waals surface area contributed by atoms with Crippen molar-refractivity contribution in [3.63, 3.8) is 0 Å². The lowest BCUT2D eigenvalue weighted by molar-refractivity contribution is 0.0290. The molecule has 5 nitrogen and oxygen atoms in total. The van der Waals surface area contributed by atoms with E-state index in [1.54, 1.807) is 7.11 Å². The van der Waals surface area contributed by atoms with Crippen LogP contribution in [0.15, 0.2) is 12.1 Å². The Morgan fingerprint density at radius 2 is 2.08 bits per heavy atom. The van der Waals surface area contributed by atoms with Crippen molar-refractivity contribution in [2.24, 2.45) is 5.92 Å². The zero-order valence-corrected chi connectivity index (χ0v) is 16.0. The van der Waals surface area contributed by atoms with E-state index in [0.717, 1.165) is 57.3 Å². The van der Waals surface area contributed by atoms with Gasteiger partial charge in [-0.25, -0.2) is 0 Å². The Morgan fingerprint density at radius 3 is 2.76 bits per heavy atom. The molecule has 25 heavy (non-hydrogen) atoms. The summed E-state index contributed by atoms with van der Waals surface area (Å²) in [7, 11) is 1.64. The van der Waals surface area contributed by atoms with Crippen LogP contribution in [0.25, 0.3) is 0 Å². The Bertz CT molecular complexity index is 536. The van der Waals surface area contributed by atoms with Crippen LogP contribution in [0.2, 0.25) is 0 Å². The molecule has 1 aliphatic heterocycles. The number of benzene rings is 1. The second-order valence-corrected chi connectivity index (χ2v) is 6.99. The van der Waals surface area contributed by atoms with Crippen molar-refractivity contribution in [1.29, 1.82) is 0 Å². The summed E-state index contributed by atoms with van der Waals surface area (Å²) in [5.41, 5.74) is 7.94. The predicted molar refractivity (Wildman–Crippen MR) is 102 cm³/mol. The molecule has 0 aliphatic carbocycles. The molecule has 1 saturated heterocycles. The summed E-state index contributed by atoms with van der Waals surface area (Å²) in [6.07, 6.45) is 4.71. The van der Waals surface area contributed by atoms with Gasteiger partial charge >= 0.3 is 0 Å². The maximum Gasteiger partial charge on any atom is 0.184 e. The number of piperidine rings is 1. The average Bonchev–Trinajstić information content (AvgIpc) is 2.61. The number of methoxy groups -OCH3 is 1. The predicted octanol–water partition coefficient (Wildman–Crippen LogP) is 3.09. The van der Waals surface area contributed by atoms with Gasteiger partial charge in [-0.05, 0) is 43.5 Å². The molecule has 2 atom stereocenters. The summed E-state index contributed by atoms with van der Waals surface area (Å²) >= 11 is 0. The second-order valence-electron chi connectivity index (χ2n) is 6.99. The van der Waals surface area contributed by atoms with E-state index in [4.69, 9.17) is 15.2 Å². The van der Waals surface area contributed by atoms with Gasteiger partial charge in [0.15, 0.2) is 11.5 Å². The minimum absolute atomic E-state index is 0.231. The highest BCUT2D eigenvalue weighted by Crippen LogP contribution is 2.36. The van der Waals surface area contributed by atoms with Crippen molar-refractivity contribution < 1.29 is 14.6 Å². The first-order valence-electron chi connectivity index (χ1n) is 9.58. The van der Waals surface area contributed by atoms with Gasteiger partial charge in [-0.2, -0.15) is 0 Å². The molecule has 1 aromatic carbocycles. The van der Waals surface area contributed by atoms with Crippen molar-refractivity contribution in [2.75, 3.05) is 39.1 Å². The monoisotopic (exact) mass is 350 g/mol. The van der Waals surface area contributed by atoms with Crippen LogP contribution >= 0.6 is 0 Å². The zero-order valence-electron chi connectivity index (χ0n) is 16.0. The lowest BCUT2D eigenvalue weighted by Crippen LogP contribution is -2.43. The molecule has 2 unspecified atom stereocenters. The number of aliphatic hydroxyl groups is 1. The number of hydrogen-bond acceptors (Lipinski definition) is 5. The largest absolute Gasteiger partial charge is 0.493 e. The SMILES string of the molecule is CCCCCOc1c(N)cc(CC2CN(CC)CCC2O)cc1OC. The van der Waals surface area contributed by atoms with E-state index in [1.807, 2.05) is 12.1 Å². The lowest BCUT2D eigenvalue weighted by Gasteiger charge is -2.35. The van der Waals surface area contributed by atoms with E-state index in [-0.39, 0.29) is 12.0 Å². The molecule has 0 radical (unpaired) electrons. The number of nitrogens with zero attached hydrogens (tertiary/aromatic N) is 1. The first kappa shape index (κ1) is 19.9. The molecule has 0 spiro atoms. The number of hydrogen-bond donors (Lipinski definition) is 2. The molecule has 0 amide bonds. The molecule has 142 valence electrons. The number of nitrogen functional groups attached to an aromatic ring is 1. The second kappa shape index (κ2) is 9.88. The number of ether oxygens (including phenoxy) is 2. The van der Waals surface area contributed by atoms with Crippen LogP contribution in [0.4, 0.5) is 5.69 Å². The van der Waals surface area contributed by atoms with Crippen LogP contribution in [-0.4, -0.2) is 49.5 Å². The van der Waals surface area contributed by atoms with Crippen LogP contribution in [-0.2, 0) is 6.42 Å². The van der Waals surface area contributed by atoms with Gasteiger partial charge in [-0.15, -0.1) is 0 Å². The number of unbranched alkanes of at least 4 members (excludes halogenated alkanes) is 2.